The number of thiazole rings is 1. The zero-order valence-corrected chi connectivity index (χ0v) is 21.2. The van der Waals surface area contributed by atoms with E-state index in [1.165, 1.54) is 24.5 Å². The van der Waals surface area contributed by atoms with Gasteiger partial charge in [-0.1, -0.05) is 23.5 Å². The number of para-hydroxylation sites is 1. The van der Waals surface area contributed by atoms with Gasteiger partial charge in [-0.05, 0) is 30.7 Å². The highest BCUT2D eigenvalue weighted by atomic mass is 32.2. The van der Waals surface area contributed by atoms with Crippen molar-refractivity contribution in [1.29, 1.82) is 0 Å². The van der Waals surface area contributed by atoms with Crippen molar-refractivity contribution in [1.82, 2.24) is 14.9 Å². The smallest absolute Gasteiger partial charge is 0.323 e. The van der Waals surface area contributed by atoms with Gasteiger partial charge < -0.3 is 20.1 Å². The van der Waals surface area contributed by atoms with Crippen LogP contribution in [-0.2, 0) is 14.6 Å². The first-order chi connectivity index (χ1) is 16.7. The molecular weight excluding hydrogens is 490 g/mol. The van der Waals surface area contributed by atoms with Crippen LogP contribution in [0.4, 0.5) is 15.6 Å². The Labute approximate surface area is 207 Å². The van der Waals surface area contributed by atoms with Crippen molar-refractivity contribution in [2.45, 2.75) is 24.2 Å². The Bertz CT molecular complexity index is 1400. The third-order valence-corrected chi connectivity index (χ3v) is 8.99. The molecule has 2 aliphatic rings. The summed E-state index contributed by atoms with van der Waals surface area (Å²) in [6.07, 6.45) is 5.61. The van der Waals surface area contributed by atoms with Crippen molar-refractivity contribution < 1.29 is 22.7 Å². The Balaban J connectivity index is 1.47. The molecule has 2 aromatic heterocycles. The first kappa shape index (κ1) is 23.8. The van der Waals surface area contributed by atoms with E-state index in [1.54, 1.807) is 18.3 Å². The van der Waals surface area contributed by atoms with Gasteiger partial charge in [0, 0.05) is 49.9 Å². The minimum atomic E-state index is -3.51. The average molecular weight is 518 g/mol. The summed E-state index contributed by atoms with van der Waals surface area (Å²) in [5.74, 6) is 0.306. The summed E-state index contributed by atoms with van der Waals surface area (Å²) in [5, 5.41) is 3.33. The number of methoxy groups -OCH3 is 1. The molecule has 10 nitrogen and oxygen atoms in total. The van der Waals surface area contributed by atoms with Crippen LogP contribution >= 0.6 is 11.3 Å². The molecule has 0 atom stereocenters. The summed E-state index contributed by atoms with van der Waals surface area (Å²) in [6.45, 7) is 2.89. The molecule has 0 saturated carbocycles. The van der Waals surface area contributed by atoms with Crippen LogP contribution in [-0.4, -0.2) is 69.0 Å². The number of likely N-dealkylation sites (tertiary alicyclic amines) is 1. The van der Waals surface area contributed by atoms with E-state index in [9.17, 15) is 13.2 Å². The number of carbonyl (C=O) groups excluding carboxylic acids is 1. The lowest BCUT2D eigenvalue weighted by Gasteiger charge is -2.33. The SMILES string of the molecule is COc1ncc(-c2cccc(S(C)(=O)=O)c2N)c2sc(NC(=O)N3CCC4(CCOCC4)C3)nc12. The Kier molecular flexibility index (Phi) is 6.06. The number of sulfone groups is 1. The van der Waals surface area contributed by atoms with Crippen molar-refractivity contribution in [3.63, 3.8) is 0 Å². The first-order valence-electron chi connectivity index (χ1n) is 11.3. The van der Waals surface area contributed by atoms with Crippen molar-refractivity contribution in [2.75, 3.05) is 50.7 Å². The molecule has 2 fully saturated rings. The molecule has 35 heavy (non-hydrogen) atoms. The van der Waals surface area contributed by atoms with Crippen molar-refractivity contribution in [2.24, 2.45) is 5.41 Å². The van der Waals surface area contributed by atoms with Crippen LogP contribution in [0.1, 0.15) is 19.3 Å². The minimum absolute atomic E-state index is 0.0492. The van der Waals surface area contributed by atoms with Gasteiger partial charge in [0.25, 0.3) is 0 Å². The van der Waals surface area contributed by atoms with E-state index in [-0.39, 0.29) is 22.0 Å². The average Bonchev–Trinajstić information content (AvgIpc) is 3.43. The second-order valence-electron chi connectivity index (χ2n) is 9.08. The number of aromatic nitrogens is 2. The number of urea groups is 1. The van der Waals surface area contributed by atoms with Crippen LogP contribution in [0.25, 0.3) is 21.3 Å². The van der Waals surface area contributed by atoms with E-state index >= 15 is 0 Å². The maximum atomic E-state index is 13.1. The van der Waals surface area contributed by atoms with Gasteiger partial charge in [-0.25, -0.2) is 23.2 Å². The summed E-state index contributed by atoms with van der Waals surface area (Å²) in [7, 11) is -2.02. The lowest BCUT2D eigenvalue weighted by Crippen LogP contribution is -2.37. The first-order valence-corrected chi connectivity index (χ1v) is 14.0. The number of anilines is 2. The van der Waals surface area contributed by atoms with Gasteiger partial charge in [0.1, 0.15) is 5.52 Å². The summed E-state index contributed by atoms with van der Waals surface area (Å²) in [6, 6.07) is 4.66. The molecule has 1 aromatic carbocycles. The lowest BCUT2D eigenvalue weighted by atomic mass is 9.80. The standard InChI is InChI=1S/C23H27N5O5S2/c1-32-20-18-19(15(12-25-20)14-4-3-5-16(17(14)24)35(2,30)31)34-21(26-18)27-22(29)28-9-6-23(13-28)7-10-33-11-8-23/h3-5,12H,6-11,13,24H2,1-2H3,(H,26,27,29). The van der Waals surface area contributed by atoms with Crippen molar-refractivity contribution in [3.8, 4) is 17.0 Å². The predicted octanol–water partition coefficient (Wildman–Crippen LogP) is 3.39. The van der Waals surface area contributed by atoms with Gasteiger partial charge in [0.2, 0.25) is 5.88 Å². The van der Waals surface area contributed by atoms with Crippen LogP contribution < -0.4 is 15.8 Å². The highest BCUT2D eigenvalue weighted by Gasteiger charge is 2.41. The van der Waals surface area contributed by atoms with Crippen LogP contribution in [0, 0.1) is 5.41 Å². The Morgan fingerprint density at radius 1 is 1.26 bits per heavy atom. The number of hydrogen-bond donors (Lipinski definition) is 2. The van der Waals surface area contributed by atoms with Crippen molar-refractivity contribution in [3.05, 3.63) is 24.4 Å². The van der Waals surface area contributed by atoms with Crippen LogP contribution in [0.3, 0.4) is 0 Å². The summed E-state index contributed by atoms with van der Waals surface area (Å²) in [5.41, 5.74) is 8.15. The summed E-state index contributed by atoms with van der Waals surface area (Å²) >= 11 is 1.27. The van der Waals surface area contributed by atoms with E-state index in [0.29, 0.717) is 45.4 Å². The number of nitrogen functional groups attached to an aromatic ring is 1. The van der Waals surface area contributed by atoms with Crippen LogP contribution in [0.5, 0.6) is 5.88 Å². The molecule has 3 aromatic rings. The number of nitrogens with two attached hydrogens (primary N) is 1. The molecule has 2 saturated heterocycles. The number of benzene rings is 1. The van der Waals surface area contributed by atoms with E-state index in [4.69, 9.17) is 15.2 Å². The molecule has 0 unspecified atom stereocenters. The third-order valence-electron chi connectivity index (χ3n) is 6.83. The molecular formula is C23H27N5O5S2. The fourth-order valence-corrected chi connectivity index (χ4v) is 6.69. The predicted molar refractivity (Wildman–Crippen MR) is 135 cm³/mol. The summed E-state index contributed by atoms with van der Waals surface area (Å²) in [4.78, 5) is 23.9. The fourth-order valence-electron chi connectivity index (χ4n) is 4.88. The molecule has 0 radical (unpaired) electrons. The molecule has 2 aliphatic heterocycles. The van der Waals surface area contributed by atoms with E-state index in [0.717, 1.165) is 38.7 Å². The maximum Gasteiger partial charge on any atom is 0.323 e. The van der Waals surface area contributed by atoms with Crippen molar-refractivity contribution >= 4 is 48.2 Å². The van der Waals surface area contributed by atoms with E-state index in [2.05, 4.69) is 15.3 Å². The Morgan fingerprint density at radius 3 is 2.74 bits per heavy atom. The molecule has 1 spiro atoms. The molecule has 2 amide bonds. The molecule has 0 bridgehead atoms. The fraction of sp³-hybridized carbons (Fsp3) is 0.435. The maximum absolute atomic E-state index is 13.1. The second kappa shape index (κ2) is 8.92. The van der Waals surface area contributed by atoms with Gasteiger partial charge in [-0.3, -0.25) is 5.32 Å². The van der Waals surface area contributed by atoms with E-state index < -0.39 is 9.84 Å². The van der Waals surface area contributed by atoms with Gasteiger partial charge in [-0.15, -0.1) is 0 Å². The highest BCUT2D eigenvalue weighted by Crippen LogP contribution is 2.42. The Morgan fingerprint density at radius 2 is 2.03 bits per heavy atom. The van der Waals surface area contributed by atoms with Crippen LogP contribution in [0.2, 0.25) is 0 Å². The number of pyridine rings is 1. The van der Waals surface area contributed by atoms with Crippen LogP contribution in [0.15, 0.2) is 29.3 Å². The lowest BCUT2D eigenvalue weighted by molar-refractivity contribution is 0.0211. The number of hydrogen-bond acceptors (Lipinski definition) is 9. The normalized spacial score (nSPS) is 17.7. The zero-order chi connectivity index (χ0) is 24.8. The molecule has 5 rings (SSSR count). The molecule has 0 aliphatic carbocycles. The molecule has 4 heterocycles. The third kappa shape index (κ3) is 4.41. The summed E-state index contributed by atoms with van der Waals surface area (Å²) < 4.78 is 35.9. The van der Waals surface area contributed by atoms with Gasteiger partial charge in [0.15, 0.2) is 15.0 Å². The van der Waals surface area contributed by atoms with Gasteiger partial charge in [-0.2, -0.15) is 0 Å². The number of carbonyl (C=O) groups is 1. The Hall–Kier alpha value is -2.96. The number of amides is 2. The van der Waals surface area contributed by atoms with Gasteiger partial charge >= 0.3 is 6.03 Å². The number of nitrogens with zero attached hydrogens (tertiary/aromatic N) is 3. The monoisotopic (exact) mass is 517 g/mol. The number of nitrogens with one attached hydrogen (secondary N) is 1. The van der Waals surface area contributed by atoms with Gasteiger partial charge in [0.05, 0.1) is 22.4 Å². The minimum Gasteiger partial charge on any atom is -0.479 e. The molecule has 12 heteroatoms. The second-order valence-corrected chi connectivity index (χ2v) is 12.1. The zero-order valence-electron chi connectivity index (χ0n) is 19.5. The quantitative estimate of drug-likeness (QED) is 0.503. The van der Waals surface area contributed by atoms with E-state index in [1.807, 2.05) is 4.90 Å². The molecule has 186 valence electrons. The number of fused-ring (bicyclic) bond motifs is 1. The largest absolute Gasteiger partial charge is 0.479 e. The molecule has 3 N–H and O–H groups in total. The number of rotatable bonds is 4. The highest BCUT2D eigenvalue weighted by molar-refractivity contribution is 7.90. The topological polar surface area (TPSA) is 137 Å². The number of ether oxygens (including phenoxy) is 2.